The van der Waals surface area contributed by atoms with Crippen LogP contribution in [0.15, 0.2) is 48.7 Å². The summed E-state index contributed by atoms with van der Waals surface area (Å²) in [6, 6.07) is 12.8. The van der Waals surface area contributed by atoms with Crippen LogP contribution >= 0.6 is 0 Å². The van der Waals surface area contributed by atoms with Gasteiger partial charge in [-0.05, 0) is 93.2 Å². The Morgan fingerprint density at radius 2 is 1.68 bits per heavy atom. The third kappa shape index (κ3) is 4.31. The number of H-pyrrole nitrogens is 1. The summed E-state index contributed by atoms with van der Waals surface area (Å²) in [5.41, 5.74) is 5.12. The number of hydrogen-bond acceptors (Lipinski definition) is 3. The number of nitrogens with zero attached hydrogens (tertiary/aromatic N) is 1. The first kappa shape index (κ1) is 22.2. The van der Waals surface area contributed by atoms with Crippen LogP contribution in [0.4, 0.5) is 0 Å². The number of carbonyl (C=O) groups is 2. The quantitative estimate of drug-likeness (QED) is 0.277. The molecule has 5 rings (SSSR count). The van der Waals surface area contributed by atoms with Crippen LogP contribution in [0.3, 0.4) is 0 Å². The third-order valence-corrected chi connectivity index (χ3v) is 7.03. The van der Waals surface area contributed by atoms with Gasteiger partial charge in [0, 0.05) is 46.2 Å². The van der Waals surface area contributed by atoms with Crippen LogP contribution in [-0.4, -0.2) is 44.8 Å². The Morgan fingerprint density at radius 3 is 2.44 bits per heavy atom. The number of nitrogens with one attached hydrogen (secondary N) is 2. The van der Waals surface area contributed by atoms with Crippen molar-refractivity contribution in [3.63, 3.8) is 0 Å². The SMILES string of the molecule is O=C(O)c1ccc2c(c1)cc(C1CCNCC1)n2CCCCc1c[nH]c2ccc(C(=O)O)cc12. The van der Waals surface area contributed by atoms with E-state index in [4.69, 9.17) is 0 Å². The lowest BCUT2D eigenvalue weighted by Gasteiger charge is -2.24. The molecule has 0 unspecified atom stereocenters. The number of aromatic carboxylic acids is 2. The van der Waals surface area contributed by atoms with Crippen molar-refractivity contribution in [2.45, 2.75) is 44.6 Å². The van der Waals surface area contributed by atoms with Gasteiger partial charge in [-0.25, -0.2) is 9.59 Å². The number of fused-ring (bicyclic) bond motifs is 2. The van der Waals surface area contributed by atoms with Crippen molar-refractivity contribution in [1.29, 1.82) is 0 Å². The lowest BCUT2D eigenvalue weighted by Crippen LogP contribution is -2.27. The molecule has 0 bridgehead atoms. The maximum Gasteiger partial charge on any atom is 0.335 e. The zero-order valence-electron chi connectivity index (χ0n) is 19.0. The van der Waals surface area contributed by atoms with Gasteiger partial charge in [-0.15, -0.1) is 0 Å². The van der Waals surface area contributed by atoms with Gasteiger partial charge in [0.15, 0.2) is 0 Å². The summed E-state index contributed by atoms with van der Waals surface area (Å²) in [5, 5.41) is 24.1. The number of rotatable bonds is 8. The van der Waals surface area contributed by atoms with Gasteiger partial charge in [-0.3, -0.25) is 0 Å². The number of carboxylic acid groups (broad SMARTS) is 2. The Bertz CT molecular complexity index is 1360. The molecule has 1 saturated heterocycles. The average Bonchev–Trinajstić information content (AvgIpc) is 3.42. The molecule has 0 aliphatic carbocycles. The summed E-state index contributed by atoms with van der Waals surface area (Å²) in [6.07, 6.45) is 6.98. The van der Waals surface area contributed by atoms with Crippen LogP contribution in [0.2, 0.25) is 0 Å². The second-order valence-electron chi connectivity index (χ2n) is 9.16. The molecular weight excluding hydrogens is 430 g/mol. The highest BCUT2D eigenvalue weighted by molar-refractivity contribution is 5.95. The van der Waals surface area contributed by atoms with E-state index in [2.05, 4.69) is 20.9 Å². The molecule has 1 aliphatic rings. The van der Waals surface area contributed by atoms with Crippen LogP contribution in [0, 0.1) is 0 Å². The van der Waals surface area contributed by atoms with Crippen molar-refractivity contribution in [3.05, 3.63) is 71.0 Å². The molecule has 34 heavy (non-hydrogen) atoms. The first-order chi connectivity index (χ1) is 16.5. The topological polar surface area (TPSA) is 107 Å². The monoisotopic (exact) mass is 459 g/mol. The minimum atomic E-state index is -0.912. The highest BCUT2D eigenvalue weighted by Gasteiger charge is 2.21. The molecular formula is C27H29N3O4. The van der Waals surface area contributed by atoms with E-state index in [0.29, 0.717) is 17.0 Å². The van der Waals surface area contributed by atoms with Crippen LogP contribution in [0.25, 0.3) is 21.8 Å². The largest absolute Gasteiger partial charge is 0.478 e. The molecule has 176 valence electrons. The fourth-order valence-corrected chi connectivity index (χ4v) is 5.23. The summed E-state index contributed by atoms with van der Waals surface area (Å²) in [6.45, 7) is 2.88. The molecule has 2 aromatic heterocycles. The van der Waals surface area contributed by atoms with Gasteiger partial charge < -0.3 is 25.1 Å². The predicted molar refractivity (Wildman–Crippen MR) is 132 cm³/mol. The second kappa shape index (κ2) is 9.35. The number of unbranched alkanes of at least 4 members (excludes halogenated alkanes) is 1. The molecule has 1 fully saturated rings. The first-order valence-corrected chi connectivity index (χ1v) is 11.9. The standard InChI is InChI=1S/C27H29N3O4/c31-26(32)18-5-7-24-21(13-18)15-25(17-8-10-28-11-9-17)30(24)12-2-1-3-20-16-29-23-6-4-19(27(33)34)14-22(20)23/h4-7,13-17,28-29H,1-3,8-12H2,(H,31,32)(H,33,34). The number of piperidine rings is 1. The van der Waals surface area contributed by atoms with Crippen LogP contribution in [0.5, 0.6) is 0 Å². The summed E-state index contributed by atoms with van der Waals surface area (Å²) < 4.78 is 2.38. The molecule has 4 N–H and O–H groups in total. The van der Waals surface area contributed by atoms with Crippen molar-refractivity contribution >= 4 is 33.7 Å². The van der Waals surface area contributed by atoms with Gasteiger partial charge >= 0.3 is 11.9 Å². The normalized spacial score (nSPS) is 14.7. The Hall–Kier alpha value is -3.58. The maximum atomic E-state index is 11.5. The Balaban J connectivity index is 1.35. The van der Waals surface area contributed by atoms with Gasteiger partial charge in [0.05, 0.1) is 11.1 Å². The zero-order valence-corrected chi connectivity index (χ0v) is 19.0. The minimum absolute atomic E-state index is 0.305. The van der Waals surface area contributed by atoms with Crippen LogP contribution in [0.1, 0.15) is 63.6 Å². The van der Waals surface area contributed by atoms with E-state index in [-0.39, 0.29) is 0 Å². The summed E-state index contributed by atoms with van der Waals surface area (Å²) in [7, 11) is 0. The van der Waals surface area contributed by atoms with E-state index in [1.165, 1.54) is 5.69 Å². The predicted octanol–water partition coefficient (Wildman–Crippen LogP) is 5.01. The van der Waals surface area contributed by atoms with Crippen molar-refractivity contribution in [3.8, 4) is 0 Å². The Kier molecular flexibility index (Phi) is 6.11. The van der Waals surface area contributed by atoms with Crippen molar-refractivity contribution in [2.24, 2.45) is 0 Å². The molecule has 1 aliphatic heterocycles. The molecule has 0 spiro atoms. The Morgan fingerprint density at radius 1 is 0.941 bits per heavy atom. The molecule has 0 atom stereocenters. The van der Waals surface area contributed by atoms with Crippen LogP contribution < -0.4 is 5.32 Å². The molecule has 0 amide bonds. The van der Waals surface area contributed by atoms with Gasteiger partial charge in [0.1, 0.15) is 0 Å². The van der Waals surface area contributed by atoms with Crippen LogP contribution in [-0.2, 0) is 13.0 Å². The summed E-state index contributed by atoms with van der Waals surface area (Å²) >= 11 is 0. The molecule has 3 heterocycles. The number of benzene rings is 2. The fraction of sp³-hybridized carbons (Fsp3) is 0.333. The van der Waals surface area contributed by atoms with E-state index in [1.54, 1.807) is 24.3 Å². The number of hydrogen-bond donors (Lipinski definition) is 4. The lowest BCUT2D eigenvalue weighted by molar-refractivity contribution is 0.0686. The number of aromatic nitrogens is 2. The maximum absolute atomic E-state index is 11.5. The van der Waals surface area contributed by atoms with Gasteiger partial charge in [0.25, 0.3) is 0 Å². The molecule has 0 saturated carbocycles. The number of aromatic amines is 1. The molecule has 7 nitrogen and oxygen atoms in total. The highest BCUT2D eigenvalue weighted by atomic mass is 16.4. The molecule has 4 aromatic rings. The minimum Gasteiger partial charge on any atom is -0.478 e. The second-order valence-corrected chi connectivity index (χ2v) is 9.16. The van der Waals surface area contributed by atoms with Gasteiger partial charge in [0.2, 0.25) is 0 Å². The summed E-state index contributed by atoms with van der Waals surface area (Å²) in [5.74, 6) is -1.34. The third-order valence-electron chi connectivity index (χ3n) is 7.03. The smallest absolute Gasteiger partial charge is 0.335 e. The van der Waals surface area contributed by atoms with E-state index in [9.17, 15) is 19.8 Å². The van der Waals surface area contributed by atoms with Crippen molar-refractivity contribution < 1.29 is 19.8 Å². The highest BCUT2D eigenvalue weighted by Crippen LogP contribution is 2.32. The molecule has 2 aromatic carbocycles. The van der Waals surface area contributed by atoms with Gasteiger partial charge in [-0.2, -0.15) is 0 Å². The lowest BCUT2D eigenvalue weighted by atomic mass is 9.94. The first-order valence-electron chi connectivity index (χ1n) is 11.9. The van der Waals surface area contributed by atoms with Crippen molar-refractivity contribution in [2.75, 3.05) is 13.1 Å². The van der Waals surface area contributed by atoms with Gasteiger partial charge in [-0.1, -0.05) is 0 Å². The van der Waals surface area contributed by atoms with E-state index in [0.717, 1.165) is 79.1 Å². The Labute approximate surface area is 197 Å². The van der Waals surface area contributed by atoms with Crippen molar-refractivity contribution in [1.82, 2.24) is 14.9 Å². The summed E-state index contributed by atoms with van der Waals surface area (Å²) in [4.78, 5) is 26.1. The fourth-order valence-electron chi connectivity index (χ4n) is 5.23. The van der Waals surface area contributed by atoms with E-state index >= 15 is 0 Å². The molecule has 7 heteroatoms. The van der Waals surface area contributed by atoms with E-state index in [1.807, 2.05) is 18.3 Å². The van der Waals surface area contributed by atoms with E-state index < -0.39 is 11.9 Å². The zero-order chi connectivity index (χ0) is 23.7. The number of carboxylic acids is 2. The molecule has 0 radical (unpaired) electrons. The number of aryl methyl sites for hydroxylation is 2. The average molecular weight is 460 g/mol.